The molecule has 1 spiro atoms. The Labute approximate surface area is 130 Å². The Balaban J connectivity index is 1.58. The van der Waals surface area contributed by atoms with Crippen molar-refractivity contribution < 1.29 is 4.74 Å². The summed E-state index contributed by atoms with van der Waals surface area (Å²) in [6, 6.07) is 0.685. The smallest absolute Gasteiger partial charge is 0.0710 e. The van der Waals surface area contributed by atoms with Gasteiger partial charge in [-0.3, -0.25) is 4.90 Å². The first-order valence-electron chi connectivity index (χ1n) is 9.19. The zero-order valence-electron chi connectivity index (χ0n) is 14.3. The van der Waals surface area contributed by atoms with E-state index in [4.69, 9.17) is 4.74 Å². The highest BCUT2D eigenvalue weighted by Gasteiger charge is 2.42. The maximum Gasteiger partial charge on any atom is 0.0710 e. The number of ether oxygens (including phenoxy) is 1. The molecule has 2 heterocycles. The van der Waals surface area contributed by atoms with Crippen molar-refractivity contribution in [2.45, 2.75) is 95.4 Å². The Bertz CT molecular complexity index is 349. The molecule has 3 nitrogen and oxygen atoms in total. The van der Waals surface area contributed by atoms with E-state index in [0.717, 1.165) is 19.6 Å². The van der Waals surface area contributed by atoms with Crippen molar-refractivity contribution in [3.63, 3.8) is 0 Å². The highest BCUT2D eigenvalue weighted by Crippen LogP contribution is 2.42. The summed E-state index contributed by atoms with van der Waals surface area (Å²) in [6.45, 7) is 10.4. The van der Waals surface area contributed by atoms with Crippen LogP contribution in [0.15, 0.2) is 0 Å². The summed E-state index contributed by atoms with van der Waals surface area (Å²) in [4.78, 5) is 2.70. The van der Waals surface area contributed by atoms with E-state index in [-0.39, 0.29) is 11.1 Å². The largest absolute Gasteiger partial charge is 0.370 e. The molecule has 1 saturated carbocycles. The lowest BCUT2D eigenvalue weighted by molar-refractivity contribution is -0.0791. The van der Waals surface area contributed by atoms with Crippen molar-refractivity contribution in [1.82, 2.24) is 10.2 Å². The number of piperazine rings is 1. The zero-order chi connectivity index (χ0) is 14.9. The summed E-state index contributed by atoms with van der Waals surface area (Å²) < 4.78 is 6.59. The number of nitrogens with zero attached hydrogens (tertiary/aromatic N) is 1. The molecule has 1 N–H and O–H groups in total. The van der Waals surface area contributed by atoms with Gasteiger partial charge in [0.15, 0.2) is 0 Å². The highest BCUT2D eigenvalue weighted by atomic mass is 16.5. The molecule has 3 heteroatoms. The van der Waals surface area contributed by atoms with Gasteiger partial charge in [-0.1, -0.05) is 26.2 Å². The molecule has 0 bridgehead atoms. The van der Waals surface area contributed by atoms with E-state index < -0.39 is 0 Å². The Kier molecular flexibility index (Phi) is 4.63. The molecule has 3 fully saturated rings. The van der Waals surface area contributed by atoms with Crippen LogP contribution in [0.2, 0.25) is 0 Å². The summed E-state index contributed by atoms with van der Waals surface area (Å²) >= 11 is 0. The van der Waals surface area contributed by atoms with Gasteiger partial charge in [0.2, 0.25) is 0 Å². The van der Waals surface area contributed by atoms with E-state index in [1.165, 1.54) is 51.4 Å². The van der Waals surface area contributed by atoms with Gasteiger partial charge >= 0.3 is 0 Å². The van der Waals surface area contributed by atoms with Crippen molar-refractivity contribution in [2.24, 2.45) is 0 Å². The molecular weight excluding hydrogens is 260 g/mol. The third kappa shape index (κ3) is 3.62. The van der Waals surface area contributed by atoms with Gasteiger partial charge in [-0.15, -0.1) is 0 Å². The first-order chi connectivity index (χ1) is 10.0. The van der Waals surface area contributed by atoms with Gasteiger partial charge in [0.1, 0.15) is 0 Å². The van der Waals surface area contributed by atoms with Crippen LogP contribution in [-0.2, 0) is 4.74 Å². The lowest BCUT2D eigenvalue weighted by atomic mass is 9.83. The minimum Gasteiger partial charge on any atom is -0.370 e. The van der Waals surface area contributed by atoms with Crippen LogP contribution < -0.4 is 5.32 Å². The van der Waals surface area contributed by atoms with Crippen LogP contribution in [0.5, 0.6) is 0 Å². The average molecular weight is 294 g/mol. The van der Waals surface area contributed by atoms with E-state index in [9.17, 15) is 0 Å². The molecule has 3 rings (SSSR count). The molecule has 21 heavy (non-hydrogen) atoms. The van der Waals surface area contributed by atoms with E-state index in [0.29, 0.717) is 12.1 Å². The molecule has 0 aromatic rings. The molecule has 3 aliphatic rings. The van der Waals surface area contributed by atoms with Crippen LogP contribution in [-0.4, -0.2) is 47.8 Å². The Morgan fingerprint density at radius 1 is 1.14 bits per heavy atom. The molecule has 0 aromatic heterocycles. The van der Waals surface area contributed by atoms with Crippen molar-refractivity contribution in [1.29, 1.82) is 0 Å². The average Bonchev–Trinajstić information content (AvgIpc) is 2.81. The molecule has 2 unspecified atom stereocenters. The summed E-state index contributed by atoms with van der Waals surface area (Å²) in [5.74, 6) is 0. The molecule has 2 aliphatic heterocycles. The molecular formula is C18H34N2O. The van der Waals surface area contributed by atoms with E-state index in [1.807, 2.05) is 0 Å². The van der Waals surface area contributed by atoms with Crippen LogP contribution in [0.25, 0.3) is 0 Å². The molecule has 0 amide bonds. The number of hydrogen-bond donors (Lipinski definition) is 1. The van der Waals surface area contributed by atoms with Gasteiger partial charge in [0, 0.05) is 31.2 Å². The number of hydrogen-bond acceptors (Lipinski definition) is 3. The predicted molar refractivity (Wildman–Crippen MR) is 87.7 cm³/mol. The fourth-order valence-corrected chi connectivity index (χ4v) is 4.68. The molecule has 2 atom stereocenters. The maximum absolute atomic E-state index is 6.59. The third-order valence-electron chi connectivity index (χ3n) is 5.94. The normalized spacial score (nSPS) is 36.1. The zero-order valence-corrected chi connectivity index (χ0v) is 14.3. The molecule has 2 saturated heterocycles. The van der Waals surface area contributed by atoms with Crippen LogP contribution >= 0.6 is 0 Å². The Hall–Kier alpha value is -0.120. The molecule has 1 aliphatic carbocycles. The van der Waals surface area contributed by atoms with Crippen molar-refractivity contribution >= 4 is 0 Å². The first kappa shape index (κ1) is 15.8. The van der Waals surface area contributed by atoms with Crippen LogP contribution in [0.3, 0.4) is 0 Å². The topological polar surface area (TPSA) is 24.5 Å². The van der Waals surface area contributed by atoms with E-state index in [1.54, 1.807) is 0 Å². The monoisotopic (exact) mass is 294 g/mol. The Morgan fingerprint density at radius 3 is 2.62 bits per heavy atom. The third-order valence-corrected chi connectivity index (χ3v) is 5.94. The van der Waals surface area contributed by atoms with Crippen molar-refractivity contribution in [3.05, 3.63) is 0 Å². The van der Waals surface area contributed by atoms with Gasteiger partial charge in [0.05, 0.1) is 11.7 Å². The van der Waals surface area contributed by atoms with Gasteiger partial charge in [-0.2, -0.15) is 0 Å². The van der Waals surface area contributed by atoms with E-state index >= 15 is 0 Å². The van der Waals surface area contributed by atoms with Crippen LogP contribution in [0.1, 0.15) is 72.1 Å². The summed E-state index contributed by atoms with van der Waals surface area (Å²) in [5.41, 5.74) is 0.515. The lowest BCUT2D eigenvalue weighted by Crippen LogP contribution is -2.62. The van der Waals surface area contributed by atoms with Crippen molar-refractivity contribution in [2.75, 3.05) is 19.6 Å². The fourth-order valence-electron chi connectivity index (χ4n) is 4.68. The second kappa shape index (κ2) is 6.17. The van der Waals surface area contributed by atoms with Gasteiger partial charge < -0.3 is 10.1 Å². The van der Waals surface area contributed by atoms with Gasteiger partial charge in [-0.25, -0.2) is 0 Å². The van der Waals surface area contributed by atoms with Gasteiger partial charge in [-0.05, 0) is 46.0 Å². The maximum atomic E-state index is 6.59. The molecule has 122 valence electrons. The molecule has 0 radical (unpaired) electrons. The Morgan fingerprint density at radius 2 is 1.90 bits per heavy atom. The summed E-state index contributed by atoms with van der Waals surface area (Å²) in [7, 11) is 0. The van der Waals surface area contributed by atoms with Gasteiger partial charge in [0.25, 0.3) is 0 Å². The quantitative estimate of drug-likeness (QED) is 0.864. The number of rotatable bonds is 3. The summed E-state index contributed by atoms with van der Waals surface area (Å²) in [6.07, 6.45) is 11.1. The molecule has 0 aromatic carbocycles. The first-order valence-corrected chi connectivity index (χ1v) is 9.19. The predicted octanol–water partition coefficient (Wildman–Crippen LogP) is 3.33. The fraction of sp³-hybridized carbons (Fsp3) is 1.00. The lowest BCUT2D eigenvalue weighted by Gasteiger charge is -2.45. The SMILES string of the molecule is CCC1CNC(C)(C)CN1CC1CCC2(CCCCC2)O1. The summed E-state index contributed by atoms with van der Waals surface area (Å²) in [5, 5.41) is 3.69. The van der Waals surface area contributed by atoms with E-state index in [2.05, 4.69) is 31.0 Å². The standard InChI is InChI=1S/C18H34N2O/c1-4-15-12-19-17(2,3)14-20(15)13-16-8-11-18(21-16)9-6-5-7-10-18/h15-16,19H,4-14H2,1-3H3. The minimum absolute atomic E-state index is 0.243. The minimum atomic E-state index is 0.243. The second-order valence-electron chi connectivity index (χ2n) is 8.28. The number of nitrogens with one attached hydrogen (secondary N) is 1. The van der Waals surface area contributed by atoms with Crippen molar-refractivity contribution in [3.8, 4) is 0 Å². The highest BCUT2D eigenvalue weighted by molar-refractivity contribution is 4.96. The van der Waals surface area contributed by atoms with Crippen LogP contribution in [0.4, 0.5) is 0 Å². The second-order valence-corrected chi connectivity index (χ2v) is 8.28. The van der Waals surface area contributed by atoms with Crippen LogP contribution in [0, 0.1) is 0 Å².